The third-order valence-corrected chi connectivity index (χ3v) is 2.49. The molecule has 0 heterocycles. The topological polar surface area (TPSA) is 55.4 Å². The lowest BCUT2D eigenvalue weighted by Crippen LogP contribution is -2.28. The molecule has 1 aromatic carbocycles. The van der Waals surface area contributed by atoms with Crippen LogP contribution in [0.4, 0.5) is 4.39 Å². The summed E-state index contributed by atoms with van der Waals surface area (Å²) in [6, 6.07) is 4.82. The van der Waals surface area contributed by atoms with Crippen LogP contribution in [0.15, 0.2) is 18.2 Å². The summed E-state index contributed by atoms with van der Waals surface area (Å²) in [6.45, 7) is 2.09. The zero-order chi connectivity index (χ0) is 13.5. The van der Waals surface area contributed by atoms with Crippen LogP contribution < -0.4 is 5.32 Å². The van der Waals surface area contributed by atoms with Crippen LogP contribution in [-0.2, 0) is 20.7 Å². The first-order valence-electron chi connectivity index (χ1n) is 5.61. The van der Waals surface area contributed by atoms with Crippen LogP contribution in [0.1, 0.15) is 17.5 Å². The predicted octanol–water partition coefficient (Wildman–Crippen LogP) is 1.36. The molecule has 1 rings (SSSR count). The molecule has 0 aromatic heterocycles. The molecule has 0 unspecified atom stereocenters. The van der Waals surface area contributed by atoms with Crippen molar-refractivity contribution in [3.8, 4) is 0 Å². The minimum atomic E-state index is -0.565. The van der Waals surface area contributed by atoms with E-state index >= 15 is 0 Å². The van der Waals surface area contributed by atoms with Gasteiger partial charge in [-0.15, -0.1) is 0 Å². The van der Waals surface area contributed by atoms with Crippen LogP contribution in [-0.4, -0.2) is 25.5 Å². The first-order chi connectivity index (χ1) is 8.52. The fourth-order valence-electron chi connectivity index (χ4n) is 1.47. The summed E-state index contributed by atoms with van der Waals surface area (Å²) in [5.74, 6) is -1.18. The largest absolute Gasteiger partial charge is 0.469 e. The molecule has 0 saturated heterocycles. The van der Waals surface area contributed by atoms with E-state index in [-0.39, 0.29) is 18.1 Å². The molecule has 0 aliphatic rings. The summed E-state index contributed by atoms with van der Waals surface area (Å²) in [6.07, 6.45) is 0.312. The number of rotatable bonds is 5. The number of hydrogen-bond donors (Lipinski definition) is 1. The monoisotopic (exact) mass is 253 g/mol. The van der Waals surface area contributed by atoms with Gasteiger partial charge in [-0.25, -0.2) is 4.39 Å². The van der Waals surface area contributed by atoms with Gasteiger partial charge in [0.15, 0.2) is 0 Å². The fraction of sp³-hybridized carbons (Fsp3) is 0.385. The van der Waals surface area contributed by atoms with Crippen LogP contribution in [0.2, 0.25) is 0 Å². The second-order valence-corrected chi connectivity index (χ2v) is 3.94. The smallest absolute Gasteiger partial charge is 0.315 e. The highest BCUT2D eigenvalue weighted by atomic mass is 19.1. The van der Waals surface area contributed by atoms with E-state index in [1.807, 2.05) is 0 Å². The van der Waals surface area contributed by atoms with E-state index in [0.29, 0.717) is 18.5 Å². The Morgan fingerprint density at radius 3 is 2.72 bits per heavy atom. The minimum absolute atomic E-state index is 0.242. The molecule has 0 radical (unpaired) electrons. The van der Waals surface area contributed by atoms with Crippen molar-refractivity contribution >= 4 is 11.9 Å². The third kappa shape index (κ3) is 4.53. The van der Waals surface area contributed by atoms with Crippen molar-refractivity contribution in [2.75, 3.05) is 13.7 Å². The SMILES string of the molecule is COC(=O)CC(=O)NCCc1ccc(F)c(C)c1. The first-order valence-corrected chi connectivity index (χ1v) is 5.61. The molecule has 4 nitrogen and oxygen atoms in total. The molecule has 0 aliphatic heterocycles. The third-order valence-electron chi connectivity index (χ3n) is 2.49. The number of amides is 1. The van der Waals surface area contributed by atoms with E-state index in [1.165, 1.54) is 13.2 Å². The molecule has 5 heteroatoms. The summed E-state index contributed by atoms with van der Waals surface area (Å²) in [5, 5.41) is 2.60. The van der Waals surface area contributed by atoms with Gasteiger partial charge in [-0.3, -0.25) is 9.59 Å². The summed E-state index contributed by atoms with van der Waals surface area (Å²) >= 11 is 0. The van der Waals surface area contributed by atoms with Gasteiger partial charge in [0.25, 0.3) is 0 Å². The van der Waals surface area contributed by atoms with Gasteiger partial charge >= 0.3 is 5.97 Å². The Bertz CT molecular complexity index is 446. The summed E-state index contributed by atoms with van der Waals surface area (Å²) in [4.78, 5) is 22.1. The number of methoxy groups -OCH3 is 1. The van der Waals surface area contributed by atoms with Crippen LogP contribution in [0.5, 0.6) is 0 Å². The zero-order valence-electron chi connectivity index (χ0n) is 10.5. The maximum Gasteiger partial charge on any atom is 0.315 e. The van der Waals surface area contributed by atoms with Crippen LogP contribution in [0, 0.1) is 12.7 Å². The van der Waals surface area contributed by atoms with E-state index < -0.39 is 5.97 Å². The van der Waals surface area contributed by atoms with Crippen molar-refractivity contribution in [2.45, 2.75) is 19.8 Å². The minimum Gasteiger partial charge on any atom is -0.469 e. The van der Waals surface area contributed by atoms with Crippen molar-refractivity contribution in [1.82, 2.24) is 5.32 Å². The standard InChI is InChI=1S/C13H16FNO3/c1-9-7-10(3-4-11(9)14)5-6-15-12(16)8-13(17)18-2/h3-4,7H,5-6,8H2,1-2H3,(H,15,16). The number of benzene rings is 1. The highest BCUT2D eigenvalue weighted by molar-refractivity contribution is 5.94. The van der Waals surface area contributed by atoms with E-state index in [9.17, 15) is 14.0 Å². The number of nitrogens with one attached hydrogen (secondary N) is 1. The number of ether oxygens (including phenoxy) is 1. The fourth-order valence-corrected chi connectivity index (χ4v) is 1.47. The van der Waals surface area contributed by atoms with Gasteiger partial charge in [-0.1, -0.05) is 12.1 Å². The van der Waals surface area contributed by atoms with Gasteiger partial charge in [0.05, 0.1) is 7.11 Å². The lowest BCUT2D eigenvalue weighted by atomic mass is 10.1. The molecule has 0 atom stereocenters. The number of hydrogen-bond acceptors (Lipinski definition) is 3. The van der Waals surface area contributed by atoms with E-state index in [2.05, 4.69) is 10.1 Å². The molecule has 0 spiro atoms. The van der Waals surface area contributed by atoms with Gasteiger partial charge in [-0.05, 0) is 30.5 Å². The van der Waals surface area contributed by atoms with E-state index in [4.69, 9.17) is 0 Å². The summed E-state index contributed by atoms with van der Waals surface area (Å²) in [7, 11) is 1.23. The molecule has 0 bridgehead atoms. The van der Waals surface area contributed by atoms with Crippen molar-refractivity contribution in [1.29, 1.82) is 0 Å². The molecule has 1 N–H and O–H groups in total. The van der Waals surface area contributed by atoms with Crippen LogP contribution in [0.25, 0.3) is 0 Å². The molecule has 18 heavy (non-hydrogen) atoms. The van der Waals surface area contributed by atoms with Crippen molar-refractivity contribution in [3.63, 3.8) is 0 Å². The summed E-state index contributed by atoms with van der Waals surface area (Å²) < 4.78 is 17.4. The predicted molar refractivity (Wildman–Crippen MR) is 64.5 cm³/mol. The number of carbonyl (C=O) groups is 2. The van der Waals surface area contributed by atoms with E-state index in [1.54, 1.807) is 19.1 Å². The molecule has 0 fully saturated rings. The number of aryl methyl sites for hydroxylation is 1. The maximum atomic E-state index is 13.0. The van der Waals surface area contributed by atoms with Crippen molar-refractivity contribution in [3.05, 3.63) is 35.1 Å². The zero-order valence-corrected chi connectivity index (χ0v) is 10.5. The second-order valence-electron chi connectivity index (χ2n) is 3.94. The maximum absolute atomic E-state index is 13.0. The van der Waals surface area contributed by atoms with Crippen molar-refractivity contribution < 1.29 is 18.7 Å². The number of esters is 1. The Labute approximate surface area is 105 Å². The number of carbonyl (C=O) groups excluding carboxylic acids is 2. The van der Waals surface area contributed by atoms with Gasteiger partial charge in [0.2, 0.25) is 5.91 Å². The van der Waals surface area contributed by atoms with Crippen LogP contribution >= 0.6 is 0 Å². The van der Waals surface area contributed by atoms with Gasteiger partial charge in [0.1, 0.15) is 12.2 Å². The Balaban J connectivity index is 2.35. The molecule has 1 amide bonds. The lowest BCUT2D eigenvalue weighted by molar-refractivity contribution is -0.143. The van der Waals surface area contributed by atoms with Gasteiger partial charge in [-0.2, -0.15) is 0 Å². The Kier molecular flexibility index (Phi) is 5.30. The van der Waals surface area contributed by atoms with Crippen molar-refractivity contribution in [2.24, 2.45) is 0 Å². The Morgan fingerprint density at radius 2 is 2.11 bits per heavy atom. The summed E-state index contributed by atoms with van der Waals surface area (Å²) in [5.41, 5.74) is 1.51. The number of halogens is 1. The normalized spacial score (nSPS) is 9.94. The molecular weight excluding hydrogens is 237 g/mol. The quantitative estimate of drug-likeness (QED) is 0.636. The molecule has 98 valence electrons. The Hall–Kier alpha value is -1.91. The van der Waals surface area contributed by atoms with E-state index in [0.717, 1.165) is 5.56 Å². The average Bonchev–Trinajstić information content (AvgIpc) is 2.33. The highest BCUT2D eigenvalue weighted by Gasteiger charge is 2.08. The lowest BCUT2D eigenvalue weighted by Gasteiger charge is -2.05. The molecule has 0 saturated carbocycles. The van der Waals surface area contributed by atoms with Gasteiger partial charge in [0, 0.05) is 6.54 Å². The molecule has 0 aliphatic carbocycles. The highest BCUT2D eigenvalue weighted by Crippen LogP contribution is 2.09. The van der Waals surface area contributed by atoms with Crippen LogP contribution in [0.3, 0.4) is 0 Å². The molecular formula is C13H16FNO3. The second kappa shape index (κ2) is 6.74. The molecule has 1 aromatic rings. The first kappa shape index (κ1) is 14.2. The average molecular weight is 253 g/mol. The van der Waals surface area contributed by atoms with Gasteiger partial charge < -0.3 is 10.1 Å². The Morgan fingerprint density at radius 1 is 1.39 bits per heavy atom.